The number of nitrogens with two attached hydrogens (primary N) is 1. The molecule has 0 spiro atoms. The van der Waals surface area contributed by atoms with Gasteiger partial charge in [-0.3, -0.25) is 4.90 Å². The molecular formula is C14H21FN2O. The highest BCUT2D eigenvalue weighted by Crippen LogP contribution is 2.35. The van der Waals surface area contributed by atoms with Gasteiger partial charge in [-0.25, -0.2) is 4.39 Å². The first-order valence-electron chi connectivity index (χ1n) is 6.38. The van der Waals surface area contributed by atoms with Crippen LogP contribution in [0.1, 0.15) is 18.4 Å². The molecule has 1 aromatic carbocycles. The maximum Gasteiger partial charge on any atom is 0.131 e. The van der Waals surface area contributed by atoms with Crippen molar-refractivity contribution in [2.75, 3.05) is 20.7 Å². The van der Waals surface area contributed by atoms with E-state index in [2.05, 4.69) is 4.90 Å². The van der Waals surface area contributed by atoms with Crippen molar-refractivity contribution in [3.63, 3.8) is 0 Å². The van der Waals surface area contributed by atoms with Crippen LogP contribution in [0.5, 0.6) is 5.75 Å². The Morgan fingerprint density at radius 3 is 2.72 bits per heavy atom. The van der Waals surface area contributed by atoms with Crippen LogP contribution in [-0.2, 0) is 6.54 Å². The molecule has 1 aromatic rings. The molecule has 0 aliphatic heterocycles. The van der Waals surface area contributed by atoms with Crippen molar-refractivity contribution >= 4 is 0 Å². The second kappa shape index (κ2) is 5.67. The van der Waals surface area contributed by atoms with Crippen LogP contribution in [0.25, 0.3) is 0 Å². The molecule has 1 fully saturated rings. The third-order valence-corrected chi connectivity index (χ3v) is 3.65. The van der Waals surface area contributed by atoms with Gasteiger partial charge >= 0.3 is 0 Å². The van der Waals surface area contributed by atoms with E-state index in [1.807, 2.05) is 7.05 Å². The van der Waals surface area contributed by atoms with Crippen LogP contribution >= 0.6 is 0 Å². The summed E-state index contributed by atoms with van der Waals surface area (Å²) in [5, 5.41) is 0. The van der Waals surface area contributed by atoms with Gasteiger partial charge in [-0.1, -0.05) is 6.07 Å². The summed E-state index contributed by atoms with van der Waals surface area (Å²) in [5.74, 6) is 1.03. The highest BCUT2D eigenvalue weighted by molar-refractivity contribution is 5.28. The molecule has 1 saturated carbocycles. The number of hydrogen-bond donors (Lipinski definition) is 1. The molecule has 0 amide bonds. The van der Waals surface area contributed by atoms with Gasteiger partial charge in [0.05, 0.1) is 7.11 Å². The molecule has 2 rings (SSSR count). The molecule has 18 heavy (non-hydrogen) atoms. The SMILES string of the molecule is COc1ccc(CN(C)C(CN)C2CC2)c(F)c1. The molecule has 0 heterocycles. The zero-order chi connectivity index (χ0) is 13.1. The first kappa shape index (κ1) is 13.3. The van der Waals surface area contributed by atoms with Crippen LogP contribution in [0.3, 0.4) is 0 Å². The van der Waals surface area contributed by atoms with E-state index < -0.39 is 0 Å². The van der Waals surface area contributed by atoms with Crippen LogP contribution in [0.4, 0.5) is 4.39 Å². The lowest BCUT2D eigenvalue weighted by Gasteiger charge is -2.27. The Hall–Kier alpha value is -1.13. The van der Waals surface area contributed by atoms with Gasteiger partial charge in [0.15, 0.2) is 0 Å². The topological polar surface area (TPSA) is 38.5 Å². The lowest BCUT2D eigenvalue weighted by atomic mass is 10.1. The van der Waals surface area contributed by atoms with Crippen molar-refractivity contribution in [1.82, 2.24) is 4.90 Å². The fraction of sp³-hybridized carbons (Fsp3) is 0.571. The fourth-order valence-corrected chi connectivity index (χ4v) is 2.38. The minimum Gasteiger partial charge on any atom is -0.497 e. The summed E-state index contributed by atoms with van der Waals surface area (Å²) in [6.45, 7) is 1.23. The predicted octanol–water partition coefficient (Wildman–Crippen LogP) is 2.00. The Morgan fingerprint density at radius 1 is 1.50 bits per heavy atom. The monoisotopic (exact) mass is 252 g/mol. The third-order valence-electron chi connectivity index (χ3n) is 3.65. The maximum atomic E-state index is 13.8. The lowest BCUT2D eigenvalue weighted by molar-refractivity contribution is 0.213. The van der Waals surface area contributed by atoms with E-state index >= 15 is 0 Å². The summed E-state index contributed by atoms with van der Waals surface area (Å²) in [6.07, 6.45) is 2.49. The van der Waals surface area contributed by atoms with Crippen molar-refractivity contribution in [2.45, 2.75) is 25.4 Å². The molecular weight excluding hydrogens is 231 g/mol. The van der Waals surface area contributed by atoms with Crippen molar-refractivity contribution < 1.29 is 9.13 Å². The van der Waals surface area contributed by atoms with E-state index in [9.17, 15) is 4.39 Å². The van der Waals surface area contributed by atoms with Crippen molar-refractivity contribution in [3.8, 4) is 5.75 Å². The quantitative estimate of drug-likeness (QED) is 0.841. The Bertz CT molecular complexity index is 407. The normalized spacial score (nSPS) is 16.9. The summed E-state index contributed by atoms with van der Waals surface area (Å²) in [6, 6.07) is 5.37. The molecule has 2 N–H and O–H groups in total. The molecule has 1 aliphatic carbocycles. The van der Waals surface area contributed by atoms with E-state index in [1.165, 1.54) is 26.0 Å². The molecule has 100 valence electrons. The van der Waals surface area contributed by atoms with Crippen LogP contribution < -0.4 is 10.5 Å². The maximum absolute atomic E-state index is 13.8. The molecule has 1 aliphatic rings. The standard InChI is InChI=1S/C14H21FN2O/c1-17(14(8-16)10-3-4-10)9-11-5-6-12(18-2)7-13(11)15/h5-7,10,14H,3-4,8-9,16H2,1-2H3. The number of ether oxygens (including phenoxy) is 1. The van der Waals surface area contributed by atoms with Crippen molar-refractivity contribution in [1.29, 1.82) is 0 Å². The van der Waals surface area contributed by atoms with Gasteiger partial charge in [-0.2, -0.15) is 0 Å². The van der Waals surface area contributed by atoms with E-state index in [-0.39, 0.29) is 5.82 Å². The van der Waals surface area contributed by atoms with Gasteiger partial charge in [0, 0.05) is 30.8 Å². The molecule has 0 radical (unpaired) electrons. The van der Waals surface area contributed by atoms with Gasteiger partial charge in [0.25, 0.3) is 0 Å². The van der Waals surface area contributed by atoms with Gasteiger partial charge in [0.2, 0.25) is 0 Å². The average molecular weight is 252 g/mol. The second-order valence-corrected chi connectivity index (χ2v) is 5.01. The molecule has 3 nitrogen and oxygen atoms in total. The third kappa shape index (κ3) is 3.00. The molecule has 0 saturated heterocycles. The molecule has 0 aromatic heterocycles. The van der Waals surface area contributed by atoms with Crippen LogP contribution in [0, 0.1) is 11.7 Å². The van der Waals surface area contributed by atoms with Gasteiger partial charge < -0.3 is 10.5 Å². The number of halogens is 1. The molecule has 0 bridgehead atoms. The van der Waals surface area contributed by atoms with Gasteiger partial charge in [0.1, 0.15) is 11.6 Å². The number of likely N-dealkylation sites (N-methyl/N-ethyl adjacent to an activating group) is 1. The van der Waals surface area contributed by atoms with E-state index in [0.29, 0.717) is 36.4 Å². The number of methoxy groups -OCH3 is 1. The molecule has 1 atom stereocenters. The van der Waals surface area contributed by atoms with Crippen LogP contribution in [0.2, 0.25) is 0 Å². The Balaban J connectivity index is 2.03. The smallest absolute Gasteiger partial charge is 0.131 e. The number of benzene rings is 1. The summed E-state index contributed by atoms with van der Waals surface area (Å²) in [5.41, 5.74) is 6.49. The van der Waals surface area contributed by atoms with Crippen molar-refractivity contribution in [3.05, 3.63) is 29.6 Å². The minimum absolute atomic E-state index is 0.215. The van der Waals surface area contributed by atoms with Gasteiger partial charge in [-0.05, 0) is 31.9 Å². The fourth-order valence-electron chi connectivity index (χ4n) is 2.38. The van der Waals surface area contributed by atoms with Crippen LogP contribution in [-0.4, -0.2) is 31.6 Å². The zero-order valence-corrected chi connectivity index (χ0v) is 11.0. The highest BCUT2D eigenvalue weighted by atomic mass is 19.1. The highest BCUT2D eigenvalue weighted by Gasteiger charge is 2.32. The van der Waals surface area contributed by atoms with E-state index in [0.717, 1.165) is 0 Å². The van der Waals surface area contributed by atoms with Crippen LogP contribution in [0.15, 0.2) is 18.2 Å². The lowest BCUT2D eigenvalue weighted by Crippen LogP contribution is -2.39. The second-order valence-electron chi connectivity index (χ2n) is 5.01. The Kier molecular flexibility index (Phi) is 4.19. The number of hydrogen-bond acceptors (Lipinski definition) is 3. The summed E-state index contributed by atoms with van der Waals surface area (Å²) in [4.78, 5) is 2.16. The molecule has 1 unspecified atom stereocenters. The predicted molar refractivity (Wildman–Crippen MR) is 70.0 cm³/mol. The Morgan fingerprint density at radius 2 is 2.22 bits per heavy atom. The largest absolute Gasteiger partial charge is 0.497 e. The zero-order valence-electron chi connectivity index (χ0n) is 11.0. The average Bonchev–Trinajstić information content (AvgIpc) is 3.17. The van der Waals surface area contributed by atoms with E-state index in [1.54, 1.807) is 12.1 Å². The molecule has 4 heteroatoms. The summed E-state index contributed by atoms with van der Waals surface area (Å²) >= 11 is 0. The number of rotatable bonds is 6. The first-order chi connectivity index (χ1) is 8.65. The summed E-state index contributed by atoms with van der Waals surface area (Å²) in [7, 11) is 3.55. The van der Waals surface area contributed by atoms with E-state index in [4.69, 9.17) is 10.5 Å². The minimum atomic E-state index is -0.215. The Labute approximate surface area is 108 Å². The van der Waals surface area contributed by atoms with Gasteiger partial charge in [-0.15, -0.1) is 0 Å². The summed E-state index contributed by atoms with van der Waals surface area (Å²) < 4.78 is 18.8. The first-order valence-corrected chi connectivity index (χ1v) is 6.38. The number of nitrogens with zero attached hydrogens (tertiary/aromatic N) is 1. The van der Waals surface area contributed by atoms with Crippen molar-refractivity contribution in [2.24, 2.45) is 11.7 Å².